The van der Waals surface area contributed by atoms with Crippen molar-refractivity contribution >= 4 is 37.9 Å². The van der Waals surface area contributed by atoms with Crippen molar-refractivity contribution in [1.82, 2.24) is 8.96 Å². The van der Waals surface area contributed by atoms with Crippen molar-refractivity contribution in [2.24, 2.45) is 0 Å². The number of benzene rings is 1. The number of rotatable bonds is 2. The number of aromatic nitrogens is 2. The van der Waals surface area contributed by atoms with E-state index < -0.39 is 11.0 Å². The minimum atomic E-state index is -1.28. The number of aryl methyl sites for hydroxylation is 2. The summed E-state index contributed by atoms with van der Waals surface area (Å²) in [6.45, 7) is 4.01. The lowest BCUT2D eigenvalue weighted by molar-refractivity contribution is 0.678. The minimum absolute atomic E-state index is 0.740. The highest BCUT2D eigenvalue weighted by atomic mass is 79.9. The largest absolute Gasteiger partial charge is 0.246 e. The Bertz CT molecular complexity index is 809. The van der Waals surface area contributed by atoms with Crippen LogP contribution in [0.5, 0.6) is 0 Å². The molecule has 2 aromatic heterocycles. The van der Waals surface area contributed by atoms with Crippen molar-refractivity contribution in [1.29, 1.82) is 0 Å². The maximum Gasteiger partial charge on any atom is 0.158 e. The second-order valence-corrected chi connectivity index (χ2v) is 7.00. The minimum Gasteiger partial charge on any atom is -0.246 e. The lowest BCUT2D eigenvalue weighted by Gasteiger charge is -2.05. The second kappa shape index (κ2) is 5.14. The van der Waals surface area contributed by atoms with Gasteiger partial charge in [-0.1, -0.05) is 17.7 Å². The SMILES string of the molecule is Cc1ccc(S(=O)n2cc(C)c3cc(Br)cnc32)cc1. The van der Waals surface area contributed by atoms with Crippen molar-refractivity contribution in [3.8, 4) is 0 Å². The van der Waals surface area contributed by atoms with Crippen LogP contribution >= 0.6 is 15.9 Å². The molecule has 3 rings (SSSR count). The van der Waals surface area contributed by atoms with Gasteiger partial charge in [0.1, 0.15) is 0 Å². The predicted molar refractivity (Wildman–Crippen MR) is 85.2 cm³/mol. The van der Waals surface area contributed by atoms with Gasteiger partial charge in [-0.2, -0.15) is 0 Å². The zero-order valence-corrected chi connectivity index (χ0v) is 13.5. The summed E-state index contributed by atoms with van der Waals surface area (Å²) < 4.78 is 15.3. The van der Waals surface area contributed by atoms with E-state index in [9.17, 15) is 4.21 Å². The Morgan fingerprint density at radius 3 is 2.60 bits per heavy atom. The van der Waals surface area contributed by atoms with E-state index in [-0.39, 0.29) is 0 Å². The van der Waals surface area contributed by atoms with Gasteiger partial charge in [0.2, 0.25) is 0 Å². The van der Waals surface area contributed by atoms with E-state index in [1.807, 2.05) is 50.4 Å². The maximum absolute atomic E-state index is 12.7. The highest BCUT2D eigenvalue weighted by Crippen LogP contribution is 2.24. The molecule has 5 heteroatoms. The first-order valence-corrected chi connectivity index (χ1v) is 8.08. The summed E-state index contributed by atoms with van der Waals surface area (Å²) in [6, 6.07) is 9.73. The summed E-state index contributed by atoms with van der Waals surface area (Å²) >= 11 is 3.42. The summed E-state index contributed by atoms with van der Waals surface area (Å²) in [5, 5.41) is 1.01. The molecule has 0 bridgehead atoms. The third-order valence-electron chi connectivity index (χ3n) is 3.18. The van der Waals surface area contributed by atoms with Gasteiger partial charge in [0.25, 0.3) is 0 Å². The molecule has 0 aliphatic carbocycles. The van der Waals surface area contributed by atoms with Gasteiger partial charge in [0, 0.05) is 22.3 Å². The molecule has 1 aromatic carbocycles. The molecule has 3 nitrogen and oxygen atoms in total. The topological polar surface area (TPSA) is 34.9 Å². The number of pyridine rings is 1. The Hall–Kier alpha value is -1.46. The van der Waals surface area contributed by atoms with Gasteiger partial charge in [0.15, 0.2) is 16.6 Å². The van der Waals surface area contributed by atoms with Gasteiger partial charge in [-0.05, 0) is 53.5 Å². The van der Waals surface area contributed by atoms with Crippen LogP contribution in [-0.4, -0.2) is 13.2 Å². The number of halogens is 1. The van der Waals surface area contributed by atoms with Gasteiger partial charge in [-0.15, -0.1) is 0 Å². The van der Waals surface area contributed by atoms with Gasteiger partial charge in [-0.3, -0.25) is 0 Å². The van der Waals surface area contributed by atoms with Crippen LogP contribution < -0.4 is 0 Å². The van der Waals surface area contributed by atoms with Crippen LogP contribution in [0.1, 0.15) is 11.1 Å². The molecular weight excluding hydrogens is 336 g/mol. The Balaban J connectivity index is 2.15. The molecule has 0 amide bonds. The van der Waals surface area contributed by atoms with E-state index >= 15 is 0 Å². The third-order valence-corrected chi connectivity index (χ3v) is 4.92. The number of nitrogens with zero attached hydrogens (tertiary/aromatic N) is 2. The normalized spacial score (nSPS) is 12.8. The van der Waals surface area contributed by atoms with Crippen molar-refractivity contribution in [2.45, 2.75) is 18.7 Å². The van der Waals surface area contributed by atoms with Crippen molar-refractivity contribution < 1.29 is 4.21 Å². The Kier molecular flexibility index (Phi) is 3.48. The Morgan fingerprint density at radius 1 is 1.20 bits per heavy atom. The van der Waals surface area contributed by atoms with Gasteiger partial charge < -0.3 is 0 Å². The van der Waals surface area contributed by atoms with Gasteiger partial charge in [0.05, 0.1) is 4.90 Å². The summed E-state index contributed by atoms with van der Waals surface area (Å²) in [7, 11) is -1.28. The summed E-state index contributed by atoms with van der Waals surface area (Å²) in [6.07, 6.45) is 3.62. The molecule has 0 N–H and O–H groups in total. The molecule has 0 radical (unpaired) electrons. The van der Waals surface area contributed by atoms with Crippen LogP contribution in [0.15, 0.2) is 52.1 Å². The molecule has 0 saturated carbocycles. The zero-order chi connectivity index (χ0) is 14.3. The monoisotopic (exact) mass is 348 g/mol. The van der Waals surface area contributed by atoms with Crippen molar-refractivity contribution in [2.75, 3.05) is 0 Å². The first-order valence-electron chi connectivity index (χ1n) is 6.18. The van der Waals surface area contributed by atoms with Crippen molar-refractivity contribution in [3.05, 3.63) is 58.3 Å². The quantitative estimate of drug-likeness (QED) is 0.701. The molecular formula is C15H13BrN2OS. The molecule has 3 aromatic rings. The van der Waals surface area contributed by atoms with Crippen molar-refractivity contribution in [3.63, 3.8) is 0 Å². The molecule has 1 atom stereocenters. The van der Waals surface area contributed by atoms with E-state index in [0.29, 0.717) is 0 Å². The standard InChI is InChI=1S/C15H13BrN2OS/c1-10-3-5-13(6-4-10)20(19)18-9-11(2)14-7-12(16)8-17-15(14)18/h3-9H,1-2H3. The third kappa shape index (κ3) is 2.31. The highest BCUT2D eigenvalue weighted by Gasteiger charge is 2.13. The average molecular weight is 349 g/mol. The molecule has 0 spiro atoms. The molecule has 2 heterocycles. The van der Waals surface area contributed by atoms with Crippen LogP contribution in [0.25, 0.3) is 11.0 Å². The summed E-state index contributed by atoms with van der Waals surface area (Å²) in [5.41, 5.74) is 2.96. The highest BCUT2D eigenvalue weighted by molar-refractivity contribution is 9.10. The Morgan fingerprint density at radius 2 is 1.90 bits per heavy atom. The predicted octanol–water partition coefficient (Wildman–Crippen LogP) is 3.99. The first-order chi connectivity index (χ1) is 9.56. The van der Waals surface area contributed by atoms with Gasteiger partial charge >= 0.3 is 0 Å². The van der Waals surface area contributed by atoms with E-state index in [0.717, 1.165) is 31.5 Å². The maximum atomic E-state index is 12.7. The fourth-order valence-electron chi connectivity index (χ4n) is 2.10. The van der Waals surface area contributed by atoms with E-state index in [4.69, 9.17) is 0 Å². The number of hydrogen-bond donors (Lipinski definition) is 0. The fraction of sp³-hybridized carbons (Fsp3) is 0.133. The molecule has 0 aliphatic heterocycles. The summed E-state index contributed by atoms with van der Waals surface area (Å²) in [4.78, 5) is 5.16. The van der Waals surface area contributed by atoms with Gasteiger partial charge in [-0.25, -0.2) is 13.2 Å². The fourth-order valence-corrected chi connectivity index (χ4v) is 3.58. The van der Waals surface area contributed by atoms with Crippen LogP contribution in [0.3, 0.4) is 0 Å². The smallest absolute Gasteiger partial charge is 0.158 e. The molecule has 20 heavy (non-hydrogen) atoms. The summed E-state index contributed by atoms with van der Waals surface area (Å²) in [5.74, 6) is 0. The number of fused-ring (bicyclic) bond motifs is 1. The Labute approximate surface area is 128 Å². The molecule has 1 unspecified atom stereocenters. The van der Waals surface area contributed by atoms with Crippen LogP contribution in [-0.2, 0) is 11.0 Å². The van der Waals surface area contributed by atoms with E-state index in [1.54, 1.807) is 10.2 Å². The van der Waals surface area contributed by atoms with Crippen LogP contribution in [0, 0.1) is 13.8 Å². The average Bonchev–Trinajstić information content (AvgIpc) is 2.76. The molecule has 0 saturated heterocycles. The van der Waals surface area contributed by atoms with Crippen LogP contribution in [0.4, 0.5) is 0 Å². The van der Waals surface area contributed by atoms with Crippen LogP contribution in [0.2, 0.25) is 0 Å². The number of hydrogen-bond acceptors (Lipinski definition) is 2. The lowest BCUT2D eigenvalue weighted by atomic mass is 10.2. The van der Waals surface area contributed by atoms with E-state index in [2.05, 4.69) is 20.9 Å². The zero-order valence-electron chi connectivity index (χ0n) is 11.1. The lowest BCUT2D eigenvalue weighted by Crippen LogP contribution is -2.04. The molecule has 0 aliphatic rings. The van der Waals surface area contributed by atoms with E-state index in [1.165, 1.54) is 0 Å². The molecule has 0 fully saturated rings. The molecule has 102 valence electrons. The first kappa shape index (κ1) is 13.5. The second-order valence-electron chi connectivity index (χ2n) is 4.72.